The minimum Gasteiger partial charge on any atom is -0.280 e. The average Bonchev–Trinajstić information content (AvgIpc) is 2.60. The summed E-state index contributed by atoms with van der Waals surface area (Å²) in [6.45, 7) is 1.93. The molecular formula is C19H15F3N2OS. The molecule has 0 radical (unpaired) electrons. The normalized spacial score (nSPS) is 11.5. The van der Waals surface area contributed by atoms with E-state index in [4.69, 9.17) is 0 Å². The van der Waals surface area contributed by atoms with Crippen LogP contribution < -0.4 is 5.56 Å². The Balaban J connectivity index is 1.84. The molecule has 3 aromatic rings. The Morgan fingerprint density at radius 1 is 1.12 bits per heavy atom. The third kappa shape index (κ3) is 4.16. The van der Waals surface area contributed by atoms with Gasteiger partial charge in [0.05, 0.1) is 5.56 Å². The van der Waals surface area contributed by atoms with Gasteiger partial charge in [-0.1, -0.05) is 42.1 Å². The maximum atomic E-state index is 12.8. The van der Waals surface area contributed by atoms with Gasteiger partial charge in [-0.15, -0.1) is 0 Å². The van der Waals surface area contributed by atoms with Crippen LogP contribution >= 0.6 is 11.8 Å². The monoisotopic (exact) mass is 376 g/mol. The smallest absolute Gasteiger partial charge is 0.280 e. The van der Waals surface area contributed by atoms with E-state index in [2.05, 4.69) is 4.98 Å². The fourth-order valence-corrected chi connectivity index (χ4v) is 3.30. The Morgan fingerprint density at radius 3 is 2.62 bits per heavy atom. The van der Waals surface area contributed by atoms with Crippen LogP contribution in [0.2, 0.25) is 0 Å². The van der Waals surface area contributed by atoms with Crippen LogP contribution in [0, 0.1) is 6.92 Å². The van der Waals surface area contributed by atoms with Gasteiger partial charge in [-0.2, -0.15) is 13.2 Å². The molecule has 3 nitrogen and oxygen atoms in total. The van der Waals surface area contributed by atoms with Crippen molar-refractivity contribution in [2.45, 2.75) is 23.9 Å². The van der Waals surface area contributed by atoms with Crippen LogP contribution in [0.5, 0.6) is 0 Å². The van der Waals surface area contributed by atoms with E-state index in [1.165, 1.54) is 16.8 Å². The predicted octanol–water partition coefficient (Wildman–Crippen LogP) is 4.85. The quantitative estimate of drug-likeness (QED) is 0.611. The highest BCUT2D eigenvalue weighted by molar-refractivity contribution is 7.98. The standard InChI is InChI=1S/C19H15F3N2OS/c1-13-4-2-7-16(10-13)24-9-8-23-17(18(24)25)26-12-14-5-3-6-15(11-14)19(20,21)22/h2-11H,12H2,1H3. The summed E-state index contributed by atoms with van der Waals surface area (Å²) in [6, 6.07) is 12.6. The van der Waals surface area contributed by atoms with Gasteiger partial charge in [-0.05, 0) is 36.2 Å². The van der Waals surface area contributed by atoms with Crippen LogP contribution in [0.1, 0.15) is 16.7 Å². The minimum atomic E-state index is -4.39. The summed E-state index contributed by atoms with van der Waals surface area (Å²) in [7, 11) is 0. The van der Waals surface area contributed by atoms with Crippen LogP contribution in [0.4, 0.5) is 13.2 Å². The third-order valence-electron chi connectivity index (χ3n) is 3.72. The molecular weight excluding hydrogens is 361 g/mol. The molecule has 26 heavy (non-hydrogen) atoms. The highest BCUT2D eigenvalue weighted by atomic mass is 32.2. The summed E-state index contributed by atoms with van der Waals surface area (Å²) < 4.78 is 39.9. The molecule has 1 heterocycles. The second kappa shape index (κ2) is 7.37. The van der Waals surface area contributed by atoms with E-state index in [-0.39, 0.29) is 16.3 Å². The van der Waals surface area contributed by atoms with Crippen LogP contribution in [0.15, 0.2) is 70.7 Å². The molecule has 0 atom stereocenters. The predicted molar refractivity (Wildman–Crippen MR) is 95.6 cm³/mol. The fourth-order valence-electron chi connectivity index (χ4n) is 2.46. The highest BCUT2D eigenvalue weighted by Crippen LogP contribution is 2.30. The summed E-state index contributed by atoms with van der Waals surface area (Å²) in [6.07, 6.45) is -1.30. The summed E-state index contributed by atoms with van der Waals surface area (Å²) in [5.74, 6) is 0.226. The van der Waals surface area contributed by atoms with Crippen molar-refractivity contribution in [2.24, 2.45) is 0 Å². The number of aromatic nitrogens is 2. The molecule has 0 saturated heterocycles. The zero-order chi connectivity index (χ0) is 18.7. The number of hydrogen-bond acceptors (Lipinski definition) is 3. The van der Waals surface area contributed by atoms with E-state index < -0.39 is 11.7 Å². The summed E-state index contributed by atoms with van der Waals surface area (Å²) in [5.41, 5.74) is 1.23. The first-order valence-electron chi connectivity index (χ1n) is 7.78. The van der Waals surface area contributed by atoms with Gasteiger partial charge in [0.1, 0.15) is 0 Å². The molecule has 2 aromatic carbocycles. The van der Waals surface area contributed by atoms with E-state index in [0.717, 1.165) is 35.1 Å². The molecule has 0 unspecified atom stereocenters. The number of rotatable bonds is 4. The molecule has 0 aliphatic heterocycles. The van der Waals surface area contributed by atoms with E-state index in [1.807, 2.05) is 31.2 Å². The number of halogens is 3. The molecule has 0 amide bonds. The van der Waals surface area contributed by atoms with Gasteiger partial charge >= 0.3 is 6.18 Å². The van der Waals surface area contributed by atoms with Gasteiger partial charge in [0.15, 0.2) is 5.03 Å². The van der Waals surface area contributed by atoms with Crippen LogP contribution in [-0.4, -0.2) is 9.55 Å². The number of benzene rings is 2. The van der Waals surface area contributed by atoms with Crippen molar-refractivity contribution < 1.29 is 13.2 Å². The van der Waals surface area contributed by atoms with Gasteiger partial charge in [0.2, 0.25) is 0 Å². The first kappa shape index (κ1) is 18.3. The molecule has 0 N–H and O–H groups in total. The maximum absolute atomic E-state index is 12.8. The molecule has 1 aromatic heterocycles. The zero-order valence-corrected chi connectivity index (χ0v) is 14.6. The molecule has 0 saturated carbocycles. The second-order valence-corrected chi connectivity index (χ2v) is 6.70. The first-order chi connectivity index (χ1) is 12.3. The van der Waals surface area contributed by atoms with Gasteiger partial charge < -0.3 is 0 Å². The molecule has 134 valence electrons. The van der Waals surface area contributed by atoms with Crippen molar-refractivity contribution in [3.05, 3.63) is 88.0 Å². The number of aryl methyl sites for hydroxylation is 1. The Bertz CT molecular complexity index is 983. The topological polar surface area (TPSA) is 34.9 Å². The summed E-state index contributed by atoms with van der Waals surface area (Å²) in [5, 5.41) is 0.242. The van der Waals surface area contributed by atoms with Crippen LogP contribution in [-0.2, 0) is 11.9 Å². The molecule has 0 aliphatic rings. The van der Waals surface area contributed by atoms with Crippen molar-refractivity contribution in [2.75, 3.05) is 0 Å². The SMILES string of the molecule is Cc1cccc(-n2ccnc(SCc3cccc(C(F)(F)F)c3)c2=O)c1. The van der Waals surface area contributed by atoms with E-state index in [9.17, 15) is 18.0 Å². The number of hydrogen-bond donors (Lipinski definition) is 0. The fraction of sp³-hybridized carbons (Fsp3) is 0.158. The molecule has 7 heteroatoms. The number of alkyl halides is 3. The lowest BCUT2D eigenvalue weighted by atomic mass is 10.1. The van der Waals surface area contributed by atoms with E-state index >= 15 is 0 Å². The van der Waals surface area contributed by atoms with Gasteiger partial charge in [0.25, 0.3) is 5.56 Å². The van der Waals surface area contributed by atoms with Crippen molar-refractivity contribution in [3.8, 4) is 5.69 Å². The number of nitrogens with zero attached hydrogens (tertiary/aromatic N) is 2. The largest absolute Gasteiger partial charge is 0.416 e. The average molecular weight is 376 g/mol. The highest BCUT2D eigenvalue weighted by Gasteiger charge is 2.30. The maximum Gasteiger partial charge on any atom is 0.416 e. The zero-order valence-electron chi connectivity index (χ0n) is 13.8. The second-order valence-electron chi connectivity index (χ2n) is 5.73. The number of thioether (sulfide) groups is 1. The Labute approximate surface area is 152 Å². The van der Waals surface area contributed by atoms with Crippen molar-refractivity contribution in [1.29, 1.82) is 0 Å². The van der Waals surface area contributed by atoms with Crippen molar-refractivity contribution >= 4 is 11.8 Å². The lowest BCUT2D eigenvalue weighted by Crippen LogP contribution is -2.20. The van der Waals surface area contributed by atoms with E-state index in [1.54, 1.807) is 12.3 Å². The van der Waals surface area contributed by atoms with Crippen LogP contribution in [0.25, 0.3) is 5.69 Å². The Hall–Kier alpha value is -2.54. The molecule has 0 spiro atoms. The van der Waals surface area contributed by atoms with Crippen molar-refractivity contribution in [1.82, 2.24) is 9.55 Å². The summed E-state index contributed by atoms with van der Waals surface area (Å²) >= 11 is 1.12. The Morgan fingerprint density at radius 2 is 1.88 bits per heavy atom. The molecule has 0 aliphatic carbocycles. The first-order valence-corrected chi connectivity index (χ1v) is 8.77. The lowest BCUT2D eigenvalue weighted by molar-refractivity contribution is -0.137. The minimum absolute atomic E-state index is 0.226. The van der Waals surface area contributed by atoms with Gasteiger partial charge in [-0.3, -0.25) is 9.36 Å². The Kier molecular flexibility index (Phi) is 5.18. The third-order valence-corrected chi connectivity index (χ3v) is 4.75. The summed E-state index contributed by atoms with van der Waals surface area (Å²) in [4.78, 5) is 16.7. The lowest BCUT2D eigenvalue weighted by Gasteiger charge is -2.09. The van der Waals surface area contributed by atoms with Gasteiger partial charge in [0, 0.05) is 23.8 Å². The van der Waals surface area contributed by atoms with Crippen LogP contribution in [0.3, 0.4) is 0 Å². The molecule has 0 fully saturated rings. The molecule has 3 rings (SSSR count). The van der Waals surface area contributed by atoms with E-state index in [0.29, 0.717) is 5.56 Å². The molecule has 0 bridgehead atoms. The van der Waals surface area contributed by atoms with Gasteiger partial charge in [-0.25, -0.2) is 4.98 Å². The van der Waals surface area contributed by atoms with Crippen molar-refractivity contribution in [3.63, 3.8) is 0 Å².